The molecule has 1 aromatic carbocycles. The zero-order chi connectivity index (χ0) is 13.7. The number of nitriles is 1. The van der Waals surface area contributed by atoms with Gasteiger partial charge in [-0.3, -0.25) is 0 Å². The molecule has 0 amide bonds. The third-order valence-electron chi connectivity index (χ3n) is 3.39. The minimum absolute atomic E-state index is 0.224. The Hall–Kier alpha value is -1.73. The number of ether oxygens (including phenoxy) is 2. The summed E-state index contributed by atoms with van der Waals surface area (Å²) in [6, 6.07) is 7.82. The Balaban J connectivity index is 2.04. The minimum Gasteiger partial charge on any atom is -0.492 e. The molecule has 0 spiro atoms. The highest BCUT2D eigenvalue weighted by Crippen LogP contribution is 2.28. The Bertz CT molecular complexity index is 460. The predicted octanol–water partition coefficient (Wildman–Crippen LogP) is 2.61. The normalized spacial score (nSPS) is 22.6. The molecule has 2 N–H and O–H groups in total. The van der Waals surface area contributed by atoms with Crippen LogP contribution >= 0.6 is 0 Å². The average Bonchev–Trinajstić information content (AvgIpc) is 2.42. The maximum Gasteiger partial charge on any atom is 0.140 e. The third kappa shape index (κ3) is 3.62. The van der Waals surface area contributed by atoms with Crippen LogP contribution in [0.25, 0.3) is 0 Å². The van der Waals surface area contributed by atoms with E-state index in [9.17, 15) is 0 Å². The number of rotatable bonds is 4. The van der Waals surface area contributed by atoms with Gasteiger partial charge < -0.3 is 15.2 Å². The summed E-state index contributed by atoms with van der Waals surface area (Å²) in [5.41, 5.74) is 6.42. The molecule has 1 saturated carbocycles. The summed E-state index contributed by atoms with van der Waals surface area (Å²) >= 11 is 0. The van der Waals surface area contributed by atoms with Gasteiger partial charge in [0.1, 0.15) is 17.6 Å². The Morgan fingerprint density at radius 2 is 2.05 bits per heavy atom. The number of hydrogen-bond donors (Lipinski definition) is 1. The summed E-state index contributed by atoms with van der Waals surface area (Å²) in [6.07, 6.45) is 4.23. The summed E-state index contributed by atoms with van der Waals surface area (Å²) in [4.78, 5) is 0. The molecule has 1 aliphatic carbocycles. The maximum atomic E-state index is 9.00. The molecule has 1 aromatic rings. The highest BCUT2D eigenvalue weighted by molar-refractivity contribution is 5.47. The molecular formula is C15H20N2O2. The van der Waals surface area contributed by atoms with Crippen molar-refractivity contribution in [1.29, 1.82) is 5.26 Å². The van der Waals surface area contributed by atoms with Crippen LogP contribution in [0.5, 0.6) is 11.5 Å². The summed E-state index contributed by atoms with van der Waals surface area (Å²) in [5.74, 6) is 1.36. The van der Waals surface area contributed by atoms with Gasteiger partial charge in [-0.1, -0.05) is 0 Å². The van der Waals surface area contributed by atoms with Crippen LogP contribution in [0.4, 0.5) is 0 Å². The van der Waals surface area contributed by atoms with Crippen LogP contribution in [0, 0.1) is 11.3 Å². The first-order valence-electron chi connectivity index (χ1n) is 6.82. The van der Waals surface area contributed by atoms with E-state index in [1.807, 2.05) is 13.0 Å². The van der Waals surface area contributed by atoms with Gasteiger partial charge in [0.05, 0.1) is 18.3 Å². The summed E-state index contributed by atoms with van der Waals surface area (Å²) in [5, 5.41) is 9.00. The van der Waals surface area contributed by atoms with Crippen LogP contribution in [0.2, 0.25) is 0 Å². The lowest BCUT2D eigenvalue weighted by Crippen LogP contribution is -2.31. The lowest BCUT2D eigenvalue weighted by Gasteiger charge is -2.27. The van der Waals surface area contributed by atoms with E-state index >= 15 is 0 Å². The summed E-state index contributed by atoms with van der Waals surface area (Å²) < 4.78 is 11.4. The van der Waals surface area contributed by atoms with Crippen molar-refractivity contribution < 1.29 is 9.47 Å². The number of hydrogen-bond acceptors (Lipinski definition) is 4. The van der Waals surface area contributed by atoms with E-state index in [1.54, 1.807) is 12.1 Å². The SMILES string of the molecule is CCOc1cc(O[C@H]2CC[C@H](N)CC2)ccc1C#N. The van der Waals surface area contributed by atoms with Gasteiger partial charge in [0.2, 0.25) is 0 Å². The van der Waals surface area contributed by atoms with Crippen LogP contribution < -0.4 is 15.2 Å². The fraction of sp³-hybridized carbons (Fsp3) is 0.533. The van der Waals surface area contributed by atoms with E-state index < -0.39 is 0 Å². The van der Waals surface area contributed by atoms with Crippen molar-refractivity contribution in [3.05, 3.63) is 23.8 Å². The van der Waals surface area contributed by atoms with Crippen LogP contribution in [-0.4, -0.2) is 18.8 Å². The van der Waals surface area contributed by atoms with Crippen molar-refractivity contribution in [1.82, 2.24) is 0 Å². The van der Waals surface area contributed by atoms with Gasteiger partial charge in [-0.15, -0.1) is 0 Å². The maximum absolute atomic E-state index is 9.00. The average molecular weight is 260 g/mol. The smallest absolute Gasteiger partial charge is 0.140 e. The first kappa shape index (κ1) is 13.7. The zero-order valence-corrected chi connectivity index (χ0v) is 11.3. The van der Waals surface area contributed by atoms with Crippen LogP contribution in [0.15, 0.2) is 18.2 Å². The fourth-order valence-electron chi connectivity index (χ4n) is 2.34. The second kappa shape index (κ2) is 6.44. The Morgan fingerprint density at radius 1 is 1.32 bits per heavy atom. The molecule has 0 saturated heterocycles. The highest BCUT2D eigenvalue weighted by Gasteiger charge is 2.20. The molecule has 1 fully saturated rings. The number of nitrogens with zero attached hydrogens (tertiary/aromatic N) is 1. The van der Waals surface area contributed by atoms with Gasteiger partial charge in [-0.2, -0.15) is 5.26 Å². The molecule has 19 heavy (non-hydrogen) atoms. The van der Waals surface area contributed by atoms with E-state index in [4.69, 9.17) is 20.5 Å². The molecule has 102 valence electrons. The molecule has 0 bridgehead atoms. The molecule has 4 heteroatoms. The summed E-state index contributed by atoms with van der Waals surface area (Å²) in [6.45, 7) is 2.44. The number of benzene rings is 1. The first-order chi connectivity index (χ1) is 9.22. The first-order valence-corrected chi connectivity index (χ1v) is 6.82. The van der Waals surface area contributed by atoms with Crippen molar-refractivity contribution in [2.75, 3.05) is 6.61 Å². The Labute approximate surface area is 114 Å². The molecule has 0 heterocycles. The predicted molar refractivity (Wildman–Crippen MR) is 73.2 cm³/mol. The van der Waals surface area contributed by atoms with Gasteiger partial charge in [0.15, 0.2) is 0 Å². The van der Waals surface area contributed by atoms with Gasteiger partial charge in [0.25, 0.3) is 0 Å². The second-order valence-corrected chi connectivity index (χ2v) is 4.86. The molecule has 0 aromatic heterocycles. The number of nitrogens with two attached hydrogens (primary N) is 1. The largest absolute Gasteiger partial charge is 0.492 e. The van der Waals surface area contributed by atoms with E-state index in [2.05, 4.69) is 6.07 Å². The van der Waals surface area contributed by atoms with Crippen molar-refractivity contribution in [3.8, 4) is 17.6 Å². The van der Waals surface area contributed by atoms with Crippen molar-refractivity contribution in [2.45, 2.75) is 44.8 Å². The molecule has 1 aliphatic rings. The van der Waals surface area contributed by atoms with E-state index in [0.29, 0.717) is 24.0 Å². The topological polar surface area (TPSA) is 68.3 Å². The van der Waals surface area contributed by atoms with Crippen LogP contribution in [0.1, 0.15) is 38.2 Å². The van der Waals surface area contributed by atoms with E-state index in [-0.39, 0.29) is 6.10 Å². The molecule has 0 aliphatic heterocycles. The van der Waals surface area contributed by atoms with Crippen molar-refractivity contribution in [2.24, 2.45) is 5.73 Å². The summed E-state index contributed by atoms with van der Waals surface area (Å²) in [7, 11) is 0. The Kier molecular flexibility index (Phi) is 4.64. The van der Waals surface area contributed by atoms with Crippen LogP contribution in [0.3, 0.4) is 0 Å². The van der Waals surface area contributed by atoms with E-state index in [0.717, 1.165) is 31.4 Å². The monoisotopic (exact) mass is 260 g/mol. The lowest BCUT2D eigenvalue weighted by molar-refractivity contribution is 0.146. The molecule has 0 atom stereocenters. The quantitative estimate of drug-likeness (QED) is 0.903. The third-order valence-corrected chi connectivity index (χ3v) is 3.39. The second-order valence-electron chi connectivity index (χ2n) is 4.86. The van der Waals surface area contributed by atoms with Crippen molar-refractivity contribution in [3.63, 3.8) is 0 Å². The van der Waals surface area contributed by atoms with E-state index in [1.165, 1.54) is 0 Å². The standard InChI is InChI=1S/C15H20N2O2/c1-2-18-15-9-14(6-3-11(15)10-16)19-13-7-4-12(17)5-8-13/h3,6,9,12-13H,2,4-5,7-8,17H2,1H3/t12-,13-. The fourth-order valence-corrected chi connectivity index (χ4v) is 2.34. The van der Waals surface area contributed by atoms with Gasteiger partial charge in [-0.25, -0.2) is 0 Å². The molecule has 0 radical (unpaired) electrons. The molecule has 0 unspecified atom stereocenters. The molecule has 2 rings (SSSR count). The molecular weight excluding hydrogens is 240 g/mol. The minimum atomic E-state index is 0.224. The van der Waals surface area contributed by atoms with Gasteiger partial charge in [0, 0.05) is 12.1 Å². The van der Waals surface area contributed by atoms with Gasteiger partial charge in [-0.05, 0) is 44.7 Å². The molecule has 4 nitrogen and oxygen atoms in total. The van der Waals surface area contributed by atoms with Crippen LogP contribution in [-0.2, 0) is 0 Å². The Morgan fingerprint density at radius 3 is 2.68 bits per heavy atom. The zero-order valence-electron chi connectivity index (χ0n) is 11.3. The lowest BCUT2D eigenvalue weighted by atomic mass is 9.94. The van der Waals surface area contributed by atoms with Crippen molar-refractivity contribution >= 4 is 0 Å². The highest BCUT2D eigenvalue weighted by atomic mass is 16.5. The van der Waals surface area contributed by atoms with Gasteiger partial charge >= 0.3 is 0 Å².